The van der Waals surface area contributed by atoms with Gasteiger partial charge in [-0.15, -0.1) is 0 Å². The molecular weight excluding hydrogens is 266 g/mol. The number of carbonyl (C=O) groups is 1. The number of hydrogen-bond donors (Lipinski definition) is 1. The molecule has 0 amide bonds. The van der Waals surface area contributed by atoms with Gasteiger partial charge in [0.05, 0.1) is 18.5 Å². The van der Waals surface area contributed by atoms with Crippen molar-refractivity contribution < 1.29 is 9.53 Å². The van der Waals surface area contributed by atoms with Gasteiger partial charge in [-0.25, -0.2) is 4.98 Å². The largest absolute Gasteiger partial charge is 0.495 e. The van der Waals surface area contributed by atoms with E-state index in [0.717, 1.165) is 0 Å². The molecular formula is C13H14ClN3O2. The minimum atomic E-state index is -0.175. The Morgan fingerprint density at radius 1 is 1.53 bits per heavy atom. The zero-order valence-corrected chi connectivity index (χ0v) is 11.2. The highest BCUT2D eigenvalue weighted by Crippen LogP contribution is 2.25. The summed E-state index contributed by atoms with van der Waals surface area (Å²) in [4.78, 5) is 16.3. The summed E-state index contributed by atoms with van der Waals surface area (Å²) in [5.74, 6) is 0.291. The Balaban J connectivity index is 2.27. The van der Waals surface area contributed by atoms with Crippen LogP contribution in [0.4, 0.5) is 0 Å². The Bertz CT molecular complexity index is 595. The van der Waals surface area contributed by atoms with Gasteiger partial charge in [0.2, 0.25) is 5.78 Å². The smallest absolute Gasteiger partial charge is 0.213 e. The zero-order valence-electron chi connectivity index (χ0n) is 10.5. The number of rotatable bonds is 5. The molecule has 0 unspecified atom stereocenters. The lowest BCUT2D eigenvalue weighted by molar-refractivity contribution is 0.103. The lowest BCUT2D eigenvalue weighted by Crippen LogP contribution is -2.08. The van der Waals surface area contributed by atoms with Crippen LogP contribution in [0.25, 0.3) is 0 Å². The SMILES string of the molecule is COc1cc(C(=O)c2cn(CCN)cn2)ccc1Cl. The average Bonchev–Trinajstić information content (AvgIpc) is 2.87. The van der Waals surface area contributed by atoms with Gasteiger partial charge in [-0.1, -0.05) is 11.6 Å². The van der Waals surface area contributed by atoms with Gasteiger partial charge in [-0.2, -0.15) is 0 Å². The second-order valence-corrected chi connectivity index (χ2v) is 4.37. The third-order valence-electron chi connectivity index (χ3n) is 2.67. The predicted octanol–water partition coefficient (Wildman–Crippen LogP) is 1.73. The second-order valence-electron chi connectivity index (χ2n) is 3.96. The summed E-state index contributed by atoms with van der Waals surface area (Å²) in [6, 6.07) is 4.88. The van der Waals surface area contributed by atoms with E-state index in [0.29, 0.717) is 35.1 Å². The van der Waals surface area contributed by atoms with Crippen LogP contribution in [0.2, 0.25) is 5.02 Å². The van der Waals surface area contributed by atoms with E-state index in [-0.39, 0.29) is 5.78 Å². The maximum absolute atomic E-state index is 12.2. The molecule has 1 aromatic heterocycles. The fraction of sp³-hybridized carbons (Fsp3) is 0.231. The fourth-order valence-electron chi connectivity index (χ4n) is 1.70. The number of carbonyl (C=O) groups excluding carboxylic acids is 1. The summed E-state index contributed by atoms with van der Waals surface area (Å²) in [7, 11) is 1.51. The van der Waals surface area contributed by atoms with Crippen molar-refractivity contribution in [3.05, 3.63) is 47.0 Å². The highest BCUT2D eigenvalue weighted by Gasteiger charge is 2.14. The number of nitrogens with two attached hydrogens (primary N) is 1. The Morgan fingerprint density at radius 3 is 3.00 bits per heavy atom. The maximum Gasteiger partial charge on any atom is 0.213 e. The van der Waals surface area contributed by atoms with Crippen LogP contribution >= 0.6 is 11.6 Å². The Labute approximate surface area is 116 Å². The maximum atomic E-state index is 12.2. The number of methoxy groups -OCH3 is 1. The normalized spacial score (nSPS) is 10.5. The topological polar surface area (TPSA) is 70.1 Å². The molecule has 2 N–H and O–H groups in total. The summed E-state index contributed by atoms with van der Waals surface area (Å²) in [6.07, 6.45) is 3.27. The number of halogens is 1. The van der Waals surface area contributed by atoms with Crippen LogP contribution in [-0.2, 0) is 6.54 Å². The highest BCUT2D eigenvalue weighted by molar-refractivity contribution is 6.32. The monoisotopic (exact) mass is 279 g/mol. The van der Waals surface area contributed by atoms with E-state index in [9.17, 15) is 4.79 Å². The number of ketones is 1. The average molecular weight is 280 g/mol. The molecule has 100 valence electrons. The van der Waals surface area contributed by atoms with Crippen molar-refractivity contribution in [2.24, 2.45) is 5.73 Å². The van der Waals surface area contributed by atoms with Gasteiger partial charge in [0.25, 0.3) is 0 Å². The van der Waals surface area contributed by atoms with E-state index >= 15 is 0 Å². The first-order valence-electron chi connectivity index (χ1n) is 5.75. The number of hydrogen-bond acceptors (Lipinski definition) is 4. The number of nitrogens with zero attached hydrogens (tertiary/aromatic N) is 2. The molecule has 0 fully saturated rings. The minimum absolute atomic E-state index is 0.175. The van der Waals surface area contributed by atoms with Crippen molar-refractivity contribution in [1.29, 1.82) is 0 Å². The van der Waals surface area contributed by atoms with Crippen LogP contribution in [0, 0.1) is 0 Å². The van der Waals surface area contributed by atoms with Crippen molar-refractivity contribution in [3.8, 4) is 5.75 Å². The Morgan fingerprint density at radius 2 is 2.32 bits per heavy atom. The first-order chi connectivity index (χ1) is 9.15. The van der Waals surface area contributed by atoms with Gasteiger partial charge >= 0.3 is 0 Å². The van der Waals surface area contributed by atoms with Gasteiger partial charge in [-0.05, 0) is 18.2 Å². The standard InChI is InChI=1S/C13H14ClN3O2/c1-19-12-6-9(2-3-10(12)14)13(18)11-7-17(5-4-15)8-16-11/h2-3,6-8H,4-5,15H2,1H3. The van der Waals surface area contributed by atoms with E-state index in [1.807, 2.05) is 0 Å². The van der Waals surface area contributed by atoms with E-state index in [2.05, 4.69) is 4.98 Å². The molecule has 0 aliphatic carbocycles. The van der Waals surface area contributed by atoms with Crippen LogP contribution in [0.15, 0.2) is 30.7 Å². The van der Waals surface area contributed by atoms with E-state index < -0.39 is 0 Å². The van der Waals surface area contributed by atoms with Gasteiger partial charge < -0.3 is 15.0 Å². The van der Waals surface area contributed by atoms with Crippen molar-refractivity contribution in [1.82, 2.24) is 9.55 Å². The van der Waals surface area contributed by atoms with E-state index in [1.54, 1.807) is 35.3 Å². The minimum Gasteiger partial charge on any atom is -0.495 e. The number of benzene rings is 1. The third-order valence-corrected chi connectivity index (χ3v) is 2.98. The summed E-state index contributed by atoms with van der Waals surface area (Å²) in [6.45, 7) is 1.13. The van der Waals surface area contributed by atoms with E-state index in [4.69, 9.17) is 22.1 Å². The molecule has 19 heavy (non-hydrogen) atoms. The molecule has 1 aromatic carbocycles. The van der Waals surface area contributed by atoms with Gasteiger partial charge in [0.1, 0.15) is 11.4 Å². The van der Waals surface area contributed by atoms with Crippen molar-refractivity contribution in [3.63, 3.8) is 0 Å². The molecule has 5 nitrogen and oxygen atoms in total. The van der Waals surface area contributed by atoms with Crippen molar-refractivity contribution in [2.75, 3.05) is 13.7 Å². The number of aromatic nitrogens is 2. The van der Waals surface area contributed by atoms with Crippen molar-refractivity contribution in [2.45, 2.75) is 6.54 Å². The molecule has 0 saturated heterocycles. The Kier molecular flexibility index (Phi) is 4.19. The molecule has 0 radical (unpaired) electrons. The van der Waals surface area contributed by atoms with E-state index in [1.165, 1.54) is 7.11 Å². The summed E-state index contributed by atoms with van der Waals surface area (Å²) in [5, 5.41) is 0.465. The number of ether oxygens (including phenoxy) is 1. The van der Waals surface area contributed by atoms with Crippen LogP contribution in [0.5, 0.6) is 5.75 Å². The lowest BCUT2D eigenvalue weighted by Gasteiger charge is -2.04. The van der Waals surface area contributed by atoms with Crippen LogP contribution in [0.1, 0.15) is 16.1 Å². The molecule has 6 heteroatoms. The summed E-state index contributed by atoms with van der Waals surface area (Å²) >= 11 is 5.92. The predicted molar refractivity (Wildman–Crippen MR) is 72.7 cm³/mol. The molecule has 0 atom stereocenters. The lowest BCUT2D eigenvalue weighted by atomic mass is 10.1. The van der Waals surface area contributed by atoms with Gasteiger partial charge in [0, 0.05) is 24.8 Å². The number of imidazole rings is 1. The molecule has 2 rings (SSSR count). The Hall–Kier alpha value is -1.85. The quantitative estimate of drug-likeness (QED) is 0.846. The van der Waals surface area contributed by atoms with Crippen molar-refractivity contribution >= 4 is 17.4 Å². The van der Waals surface area contributed by atoms with Crippen LogP contribution < -0.4 is 10.5 Å². The molecule has 0 saturated carbocycles. The van der Waals surface area contributed by atoms with Crippen LogP contribution in [-0.4, -0.2) is 29.0 Å². The summed E-state index contributed by atoms with van der Waals surface area (Å²) < 4.78 is 6.87. The summed E-state index contributed by atoms with van der Waals surface area (Å²) in [5.41, 5.74) is 6.31. The molecule has 2 aromatic rings. The van der Waals surface area contributed by atoms with Crippen LogP contribution in [0.3, 0.4) is 0 Å². The first kappa shape index (κ1) is 13.6. The fourth-order valence-corrected chi connectivity index (χ4v) is 1.89. The highest BCUT2D eigenvalue weighted by atomic mass is 35.5. The zero-order chi connectivity index (χ0) is 13.8. The molecule has 0 spiro atoms. The molecule has 0 aliphatic rings. The van der Waals surface area contributed by atoms with Gasteiger partial charge in [-0.3, -0.25) is 4.79 Å². The second kappa shape index (κ2) is 5.86. The molecule has 0 aliphatic heterocycles. The first-order valence-corrected chi connectivity index (χ1v) is 6.13. The molecule has 1 heterocycles. The molecule has 0 bridgehead atoms. The van der Waals surface area contributed by atoms with Gasteiger partial charge in [0.15, 0.2) is 0 Å². The third kappa shape index (κ3) is 2.94.